The van der Waals surface area contributed by atoms with Gasteiger partial charge in [-0.15, -0.1) is 0 Å². The predicted molar refractivity (Wildman–Crippen MR) is 81.2 cm³/mol. The number of hydrogen-bond acceptors (Lipinski definition) is 4. The number of ether oxygens (including phenoxy) is 1. The highest BCUT2D eigenvalue weighted by Gasteiger charge is 2.20. The standard InChI is InChI=1S/C16H16ClNO3/c1-21-16(20)15(11-5-3-2-4-6-11)18-10-12-9-13(17)7-8-14(12)19/h2-9,15,18-19H,10H2,1H3. The molecule has 0 heterocycles. The quantitative estimate of drug-likeness (QED) is 0.834. The van der Waals surface area contributed by atoms with Crippen molar-refractivity contribution in [2.24, 2.45) is 0 Å². The van der Waals surface area contributed by atoms with E-state index in [0.717, 1.165) is 5.56 Å². The average Bonchev–Trinajstić information content (AvgIpc) is 2.51. The maximum absolute atomic E-state index is 11.9. The van der Waals surface area contributed by atoms with Crippen LogP contribution in [0.4, 0.5) is 0 Å². The minimum atomic E-state index is -0.602. The van der Waals surface area contributed by atoms with Crippen molar-refractivity contribution in [2.45, 2.75) is 12.6 Å². The molecule has 2 N–H and O–H groups in total. The summed E-state index contributed by atoms with van der Waals surface area (Å²) in [5.41, 5.74) is 1.42. The summed E-state index contributed by atoms with van der Waals surface area (Å²) in [5.74, 6) is -0.258. The molecule has 0 spiro atoms. The van der Waals surface area contributed by atoms with Crippen molar-refractivity contribution < 1.29 is 14.6 Å². The van der Waals surface area contributed by atoms with E-state index in [-0.39, 0.29) is 11.7 Å². The molecule has 0 bridgehead atoms. The summed E-state index contributed by atoms with van der Waals surface area (Å²) < 4.78 is 4.82. The van der Waals surface area contributed by atoms with Gasteiger partial charge in [-0.1, -0.05) is 41.9 Å². The highest BCUT2D eigenvalue weighted by atomic mass is 35.5. The first-order valence-corrected chi connectivity index (χ1v) is 6.83. The Hall–Kier alpha value is -2.04. The molecule has 21 heavy (non-hydrogen) atoms. The van der Waals surface area contributed by atoms with Crippen LogP contribution in [0.1, 0.15) is 17.2 Å². The van der Waals surface area contributed by atoms with Crippen LogP contribution in [0.5, 0.6) is 5.75 Å². The molecule has 0 aromatic heterocycles. The topological polar surface area (TPSA) is 58.6 Å². The summed E-state index contributed by atoms with van der Waals surface area (Å²) in [5, 5.41) is 13.4. The predicted octanol–water partition coefficient (Wildman–Crippen LogP) is 3.05. The molecule has 0 amide bonds. The van der Waals surface area contributed by atoms with Crippen LogP contribution in [0, 0.1) is 0 Å². The van der Waals surface area contributed by atoms with Crippen molar-refractivity contribution in [1.82, 2.24) is 5.32 Å². The first kappa shape index (κ1) is 15.4. The summed E-state index contributed by atoms with van der Waals surface area (Å²) in [6, 6.07) is 13.4. The molecule has 0 aliphatic heterocycles. The highest BCUT2D eigenvalue weighted by molar-refractivity contribution is 6.30. The zero-order valence-electron chi connectivity index (χ0n) is 11.5. The van der Waals surface area contributed by atoms with Crippen LogP contribution >= 0.6 is 11.6 Å². The molecular weight excluding hydrogens is 290 g/mol. The van der Waals surface area contributed by atoms with Gasteiger partial charge in [-0.05, 0) is 23.8 Å². The van der Waals surface area contributed by atoms with Crippen molar-refractivity contribution in [3.8, 4) is 5.75 Å². The molecule has 0 aliphatic rings. The normalized spacial score (nSPS) is 11.9. The average molecular weight is 306 g/mol. The zero-order chi connectivity index (χ0) is 15.2. The Morgan fingerprint density at radius 3 is 2.67 bits per heavy atom. The molecule has 4 nitrogen and oxygen atoms in total. The van der Waals surface area contributed by atoms with Crippen molar-refractivity contribution in [3.63, 3.8) is 0 Å². The largest absolute Gasteiger partial charge is 0.508 e. The molecule has 0 saturated carbocycles. The Bertz CT molecular complexity index is 616. The van der Waals surface area contributed by atoms with Crippen LogP contribution in [0.25, 0.3) is 0 Å². The second kappa shape index (κ2) is 7.11. The van der Waals surface area contributed by atoms with Crippen LogP contribution in [0.15, 0.2) is 48.5 Å². The number of aromatic hydroxyl groups is 1. The van der Waals surface area contributed by atoms with Gasteiger partial charge >= 0.3 is 5.97 Å². The molecule has 110 valence electrons. The third-order valence-corrected chi connectivity index (χ3v) is 3.34. The Morgan fingerprint density at radius 1 is 1.29 bits per heavy atom. The van der Waals surface area contributed by atoms with Crippen LogP contribution in [0.3, 0.4) is 0 Å². The van der Waals surface area contributed by atoms with Gasteiger partial charge in [0.1, 0.15) is 11.8 Å². The van der Waals surface area contributed by atoms with E-state index < -0.39 is 6.04 Å². The summed E-state index contributed by atoms with van der Waals surface area (Å²) in [7, 11) is 1.34. The Morgan fingerprint density at radius 2 is 2.00 bits per heavy atom. The fourth-order valence-electron chi connectivity index (χ4n) is 2.01. The number of methoxy groups -OCH3 is 1. The first-order chi connectivity index (χ1) is 10.1. The molecule has 2 aromatic rings. The van der Waals surface area contributed by atoms with Gasteiger partial charge in [0.15, 0.2) is 0 Å². The summed E-state index contributed by atoms with van der Waals surface area (Å²) in [4.78, 5) is 11.9. The number of carbonyl (C=O) groups excluding carboxylic acids is 1. The van der Waals surface area contributed by atoms with Gasteiger partial charge in [0.25, 0.3) is 0 Å². The van der Waals surface area contributed by atoms with E-state index in [1.54, 1.807) is 12.1 Å². The zero-order valence-corrected chi connectivity index (χ0v) is 12.3. The third-order valence-electron chi connectivity index (χ3n) is 3.11. The van der Waals surface area contributed by atoms with E-state index in [0.29, 0.717) is 17.1 Å². The third kappa shape index (κ3) is 3.97. The second-order valence-corrected chi connectivity index (χ2v) is 4.96. The van der Waals surface area contributed by atoms with Gasteiger partial charge in [-0.25, -0.2) is 4.79 Å². The Balaban J connectivity index is 2.16. The van der Waals surface area contributed by atoms with Crippen LogP contribution < -0.4 is 5.32 Å². The summed E-state index contributed by atoms with van der Waals surface area (Å²) in [6.07, 6.45) is 0. The van der Waals surface area contributed by atoms with Crippen LogP contribution in [-0.4, -0.2) is 18.2 Å². The van der Waals surface area contributed by atoms with E-state index in [1.807, 2.05) is 30.3 Å². The van der Waals surface area contributed by atoms with E-state index in [2.05, 4.69) is 5.32 Å². The number of benzene rings is 2. The van der Waals surface area contributed by atoms with E-state index in [9.17, 15) is 9.90 Å². The number of carbonyl (C=O) groups is 1. The number of phenols is 1. The SMILES string of the molecule is COC(=O)C(NCc1cc(Cl)ccc1O)c1ccccc1. The maximum atomic E-state index is 11.9. The van der Waals surface area contributed by atoms with Crippen LogP contribution in [-0.2, 0) is 16.1 Å². The molecular formula is C16H16ClNO3. The molecule has 2 aromatic carbocycles. The lowest BCUT2D eigenvalue weighted by atomic mass is 10.1. The molecule has 0 saturated heterocycles. The van der Waals surface area contributed by atoms with Gasteiger partial charge in [0.2, 0.25) is 0 Å². The Kier molecular flexibility index (Phi) is 5.20. The van der Waals surface area contributed by atoms with Crippen LogP contribution in [0.2, 0.25) is 5.02 Å². The van der Waals surface area contributed by atoms with Gasteiger partial charge < -0.3 is 9.84 Å². The molecule has 0 radical (unpaired) electrons. The highest BCUT2D eigenvalue weighted by Crippen LogP contribution is 2.23. The van der Waals surface area contributed by atoms with Crippen molar-refractivity contribution in [3.05, 3.63) is 64.7 Å². The number of hydrogen-bond donors (Lipinski definition) is 2. The summed E-state index contributed by atoms with van der Waals surface area (Å²) >= 11 is 5.91. The molecule has 0 fully saturated rings. The van der Waals surface area contributed by atoms with Gasteiger partial charge in [0, 0.05) is 17.1 Å². The summed E-state index contributed by atoms with van der Waals surface area (Å²) in [6.45, 7) is 0.293. The Labute approximate surface area is 128 Å². The minimum absolute atomic E-state index is 0.128. The molecule has 1 unspecified atom stereocenters. The van der Waals surface area contributed by atoms with E-state index in [1.165, 1.54) is 13.2 Å². The smallest absolute Gasteiger partial charge is 0.327 e. The molecule has 2 rings (SSSR count). The first-order valence-electron chi connectivity index (χ1n) is 6.45. The fourth-order valence-corrected chi connectivity index (χ4v) is 2.20. The molecule has 0 aliphatic carbocycles. The lowest BCUT2D eigenvalue weighted by Gasteiger charge is -2.17. The van der Waals surface area contributed by atoms with Crippen molar-refractivity contribution in [1.29, 1.82) is 0 Å². The van der Waals surface area contributed by atoms with Gasteiger partial charge in [-0.3, -0.25) is 5.32 Å². The van der Waals surface area contributed by atoms with Crippen molar-refractivity contribution in [2.75, 3.05) is 7.11 Å². The number of nitrogens with one attached hydrogen (secondary N) is 1. The number of phenolic OH excluding ortho intramolecular Hbond substituents is 1. The second-order valence-electron chi connectivity index (χ2n) is 4.52. The number of rotatable bonds is 5. The number of esters is 1. The minimum Gasteiger partial charge on any atom is -0.508 e. The number of halogens is 1. The fraction of sp³-hybridized carbons (Fsp3) is 0.188. The lowest BCUT2D eigenvalue weighted by Crippen LogP contribution is -2.29. The van der Waals surface area contributed by atoms with Crippen molar-refractivity contribution >= 4 is 17.6 Å². The molecule has 1 atom stereocenters. The van der Waals surface area contributed by atoms with E-state index in [4.69, 9.17) is 16.3 Å². The monoisotopic (exact) mass is 305 g/mol. The van der Waals surface area contributed by atoms with E-state index >= 15 is 0 Å². The van der Waals surface area contributed by atoms with Gasteiger partial charge in [-0.2, -0.15) is 0 Å². The van der Waals surface area contributed by atoms with Gasteiger partial charge in [0.05, 0.1) is 7.11 Å². The molecule has 5 heteroatoms. The maximum Gasteiger partial charge on any atom is 0.327 e. The lowest BCUT2D eigenvalue weighted by molar-refractivity contribution is -0.143.